The molecule has 4 aromatic rings. The summed E-state index contributed by atoms with van der Waals surface area (Å²) in [5.41, 5.74) is 3.61. The summed E-state index contributed by atoms with van der Waals surface area (Å²) in [5.74, 6) is -0.0606. The molecule has 6 rings (SSSR count). The Bertz CT molecular complexity index is 1470. The number of hydrogen-bond acceptors (Lipinski definition) is 6. The fourth-order valence-corrected chi connectivity index (χ4v) is 6.27. The average molecular weight is 467 g/mol. The lowest BCUT2D eigenvalue weighted by Crippen LogP contribution is -2.29. The van der Waals surface area contributed by atoms with Gasteiger partial charge in [0.25, 0.3) is 5.91 Å². The number of amidine groups is 1. The second-order valence-corrected chi connectivity index (χ2v) is 9.62. The van der Waals surface area contributed by atoms with Crippen LogP contribution in [0.4, 0.5) is 17.1 Å². The van der Waals surface area contributed by atoms with Gasteiger partial charge < -0.3 is 4.90 Å². The fraction of sp³-hybridized carbons (Fsp3) is 0.0385. The molecule has 0 atom stereocenters. The third-order valence-electron chi connectivity index (χ3n) is 5.54. The molecule has 3 aromatic carbocycles. The summed E-state index contributed by atoms with van der Waals surface area (Å²) in [4.78, 5) is 28.6. The van der Waals surface area contributed by atoms with E-state index >= 15 is 0 Å². The molecule has 1 aromatic heterocycles. The predicted octanol–water partition coefficient (Wildman–Crippen LogP) is 6.41. The van der Waals surface area contributed by atoms with Gasteiger partial charge in [0.05, 0.1) is 27.6 Å². The Morgan fingerprint density at radius 2 is 1.70 bits per heavy atom. The first-order valence-corrected chi connectivity index (χ1v) is 12.1. The number of carbonyl (C=O) groups is 1. The molecular weight excluding hydrogens is 448 g/mol. The Hall–Kier alpha value is -3.55. The number of aromatic nitrogens is 1. The van der Waals surface area contributed by atoms with E-state index in [4.69, 9.17) is 4.99 Å². The second-order valence-electron chi connectivity index (χ2n) is 7.62. The molecule has 2 aliphatic heterocycles. The van der Waals surface area contributed by atoms with Gasteiger partial charge in [-0.05, 0) is 60.3 Å². The van der Waals surface area contributed by atoms with Gasteiger partial charge in [0.2, 0.25) is 0 Å². The van der Waals surface area contributed by atoms with Crippen LogP contribution >= 0.6 is 23.5 Å². The highest BCUT2D eigenvalue weighted by Crippen LogP contribution is 2.50. The number of aliphatic imine (C=N–C) groups is 1. The number of pyridine rings is 1. The highest BCUT2D eigenvalue weighted by Gasteiger charge is 2.40. The summed E-state index contributed by atoms with van der Waals surface area (Å²) in [6.45, 7) is 0. The van der Waals surface area contributed by atoms with Crippen molar-refractivity contribution < 1.29 is 4.79 Å². The Labute approximate surface area is 199 Å². The highest BCUT2D eigenvalue weighted by molar-refractivity contribution is 8.20. The minimum Gasteiger partial charge on any atom is -0.337 e. The van der Waals surface area contributed by atoms with Crippen LogP contribution in [0.15, 0.2) is 111 Å². The van der Waals surface area contributed by atoms with Crippen LogP contribution in [-0.2, 0) is 4.79 Å². The first-order chi connectivity index (χ1) is 16.2. The molecule has 0 spiro atoms. The lowest BCUT2D eigenvalue weighted by molar-refractivity contribution is -0.113. The fourth-order valence-electron chi connectivity index (χ4n) is 3.93. The van der Waals surface area contributed by atoms with Gasteiger partial charge in [0, 0.05) is 23.5 Å². The summed E-state index contributed by atoms with van der Waals surface area (Å²) in [7, 11) is 2.01. The lowest BCUT2D eigenvalue weighted by atomic mass is 10.2. The van der Waals surface area contributed by atoms with Crippen LogP contribution in [0, 0.1) is 0 Å². The maximum absolute atomic E-state index is 13.7. The molecular formula is C26H18N4OS2. The number of nitrogens with zero attached hydrogens (tertiary/aromatic N) is 4. The van der Waals surface area contributed by atoms with E-state index in [2.05, 4.69) is 22.0 Å². The first-order valence-electron chi connectivity index (χ1n) is 10.4. The summed E-state index contributed by atoms with van der Waals surface area (Å²) in [5, 5.41) is 2.59. The monoisotopic (exact) mass is 466 g/mol. The molecule has 0 radical (unpaired) electrons. The molecule has 0 saturated carbocycles. The topological polar surface area (TPSA) is 48.8 Å². The number of benzene rings is 3. The van der Waals surface area contributed by atoms with E-state index in [0.29, 0.717) is 10.1 Å². The number of para-hydroxylation sites is 2. The van der Waals surface area contributed by atoms with Gasteiger partial charge in [-0.2, -0.15) is 0 Å². The van der Waals surface area contributed by atoms with Crippen molar-refractivity contribution in [2.24, 2.45) is 4.99 Å². The molecule has 1 fully saturated rings. The standard InChI is InChI=1S/C26H18N4OS2/c1-29-21-11-5-6-12-22(21)32-25(29)23-24(31)30(19-9-3-2-4-10-19)26(33-23)28-18-13-14-20-17(16-18)8-7-15-27-20/h2-16H,1H3. The van der Waals surface area contributed by atoms with E-state index in [-0.39, 0.29) is 5.91 Å². The van der Waals surface area contributed by atoms with Crippen LogP contribution in [-0.4, -0.2) is 23.1 Å². The molecule has 1 amide bonds. The third kappa shape index (κ3) is 3.50. The molecule has 7 heteroatoms. The minimum absolute atomic E-state index is 0.0606. The van der Waals surface area contributed by atoms with Gasteiger partial charge in [0.1, 0.15) is 4.91 Å². The van der Waals surface area contributed by atoms with Gasteiger partial charge in [-0.25, -0.2) is 4.99 Å². The molecule has 0 bridgehead atoms. The quantitative estimate of drug-likeness (QED) is 0.319. The van der Waals surface area contributed by atoms with Crippen molar-refractivity contribution in [3.8, 4) is 0 Å². The van der Waals surface area contributed by atoms with Gasteiger partial charge in [-0.15, -0.1) is 0 Å². The van der Waals surface area contributed by atoms with Crippen molar-refractivity contribution in [1.29, 1.82) is 0 Å². The zero-order chi connectivity index (χ0) is 22.4. The van der Waals surface area contributed by atoms with Crippen LogP contribution in [0.1, 0.15) is 0 Å². The van der Waals surface area contributed by atoms with E-state index in [1.165, 1.54) is 11.8 Å². The molecule has 0 unspecified atom stereocenters. The predicted molar refractivity (Wildman–Crippen MR) is 138 cm³/mol. The summed E-state index contributed by atoms with van der Waals surface area (Å²) in [6.07, 6.45) is 1.78. The Morgan fingerprint density at radius 1 is 0.879 bits per heavy atom. The number of anilines is 2. The van der Waals surface area contributed by atoms with Gasteiger partial charge >= 0.3 is 0 Å². The van der Waals surface area contributed by atoms with Crippen LogP contribution in [0.5, 0.6) is 0 Å². The van der Waals surface area contributed by atoms with Gasteiger partial charge in [0.15, 0.2) is 5.17 Å². The number of amides is 1. The van der Waals surface area contributed by atoms with E-state index in [0.717, 1.165) is 37.9 Å². The number of thioether (sulfide) groups is 2. The van der Waals surface area contributed by atoms with Crippen LogP contribution in [0.3, 0.4) is 0 Å². The Morgan fingerprint density at radius 3 is 2.55 bits per heavy atom. The molecule has 2 aliphatic rings. The summed E-state index contributed by atoms with van der Waals surface area (Å²) >= 11 is 3.05. The highest BCUT2D eigenvalue weighted by atomic mass is 32.2. The zero-order valence-corrected chi connectivity index (χ0v) is 19.3. The van der Waals surface area contributed by atoms with Crippen molar-refractivity contribution >= 4 is 62.6 Å². The molecule has 5 nitrogen and oxygen atoms in total. The van der Waals surface area contributed by atoms with Crippen molar-refractivity contribution in [1.82, 2.24) is 4.98 Å². The lowest BCUT2D eigenvalue weighted by Gasteiger charge is -2.16. The minimum atomic E-state index is -0.0606. The normalized spacial score (nSPS) is 19.1. The second kappa shape index (κ2) is 8.10. The van der Waals surface area contributed by atoms with Crippen LogP contribution in [0.25, 0.3) is 10.9 Å². The average Bonchev–Trinajstić information content (AvgIpc) is 3.35. The van der Waals surface area contributed by atoms with Crippen molar-refractivity contribution in [3.05, 3.63) is 101 Å². The SMILES string of the molecule is CN1C(=C2SC(=Nc3ccc4ncccc4c3)N(c3ccccc3)C2=O)Sc2ccccc21. The van der Waals surface area contributed by atoms with Crippen LogP contribution in [0.2, 0.25) is 0 Å². The number of fused-ring (bicyclic) bond motifs is 2. The molecule has 3 heterocycles. The first kappa shape index (κ1) is 20.1. The molecule has 0 N–H and O–H groups in total. The zero-order valence-electron chi connectivity index (χ0n) is 17.7. The summed E-state index contributed by atoms with van der Waals surface area (Å²) < 4.78 is 0. The van der Waals surface area contributed by atoms with E-state index < -0.39 is 0 Å². The van der Waals surface area contributed by atoms with E-state index in [1.807, 2.05) is 79.8 Å². The molecule has 33 heavy (non-hydrogen) atoms. The van der Waals surface area contributed by atoms with Crippen LogP contribution < -0.4 is 9.80 Å². The largest absolute Gasteiger partial charge is 0.337 e. The van der Waals surface area contributed by atoms with E-state index in [1.54, 1.807) is 22.9 Å². The number of hydrogen-bond donors (Lipinski definition) is 0. The summed E-state index contributed by atoms with van der Waals surface area (Å²) in [6, 6.07) is 27.7. The van der Waals surface area contributed by atoms with E-state index in [9.17, 15) is 4.79 Å². The van der Waals surface area contributed by atoms with Crippen molar-refractivity contribution in [3.63, 3.8) is 0 Å². The maximum atomic E-state index is 13.7. The smallest absolute Gasteiger partial charge is 0.274 e. The van der Waals surface area contributed by atoms with Crippen molar-refractivity contribution in [2.45, 2.75) is 4.90 Å². The Balaban J connectivity index is 1.47. The van der Waals surface area contributed by atoms with Crippen molar-refractivity contribution in [2.75, 3.05) is 16.8 Å². The van der Waals surface area contributed by atoms with Gasteiger partial charge in [-0.3, -0.25) is 14.7 Å². The molecule has 0 aliphatic carbocycles. The Kier molecular flexibility index (Phi) is 4.93. The number of carbonyl (C=O) groups excluding carboxylic acids is 1. The molecule has 160 valence electrons. The van der Waals surface area contributed by atoms with Gasteiger partial charge in [-0.1, -0.05) is 48.2 Å². The third-order valence-corrected chi connectivity index (χ3v) is 7.93. The number of rotatable bonds is 2. The molecule has 1 saturated heterocycles. The maximum Gasteiger partial charge on any atom is 0.274 e.